The molecule has 1 aromatic rings. The SMILES string of the molecule is CCCCCCCCCCCCCCCCOc1ccc(CCCN2CCOCC2)cc1OC. The summed E-state index contributed by atoms with van der Waals surface area (Å²) < 4.78 is 17.1. The van der Waals surface area contributed by atoms with Crippen LogP contribution in [0.2, 0.25) is 0 Å². The van der Waals surface area contributed by atoms with Gasteiger partial charge in [0.2, 0.25) is 0 Å². The van der Waals surface area contributed by atoms with Gasteiger partial charge in [0.1, 0.15) is 0 Å². The molecule has 4 nitrogen and oxygen atoms in total. The van der Waals surface area contributed by atoms with Gasteiger partial charge in [-0.2, -0.15) is 0 Å². The summed E-state index contributed by atoms with van der Waals surface area (Å²) >= 11 is 0. The highest BCUT2D eigenvalue weighted by Crippen LogP contribution is 2.29. The zero-order valence-electron chi connectivity index (χ0n) is 22.5. The summed E-state index contributed by atoms with van der Waals surface area (Å²) in [4.78, 5) is 2.49. The zero-order valence-corrected chi connectivity index (χ0v) is 22.5. The van der Waals surface area contributed by atoms with E-state index >= 15 is 0 Å². The maximum Gasteiger partial charge on any atom is 0.161 e. The molecule has 0 aromatic heterocycles. The minimum Gasteiger partial charge on any atom is -0.493 e. The van der Waals surface area contributed by atoms with Crippen LogP contribution < -0.4 is 9.47 Å². The number of unbranched alkanes of at least 4 members (excludes halogenated alkanes) is 13. The molecule has 2 rings (SSSR count). The molecule has 0 unspecified atom stereocenters. The molecule has 34 heavy (non-hydrogen) atoms. The highest BCUT2D eigenvalue weighted by Gasteiger charge is 2.10. The summed E-state index contributed by atoms with van der Waals surface area (Å²) in [5, 5.41) is 0. The Morgan fingerprint density at radius 3 is 1.91 bits per heavy atom. The van der Waals surface area contributed by atoms with Gasteiger partial charge in [0.25, 0.3) is 0 Å². The molecule has 1 aliphatic heterocycles. The second-order valence-corrected chi connectivity index (χ2v) is 9.99. The van der Waals surface area contributed by atoms with Gasteiger partial charge >= 0.3 is 0 Å². The molecule has 1 heterocycles. The number of rotatable bonds is 21. The molecule has 0 bridgehead atoms. The average molecular weight is 476 g/mol. The third-order valence-corrected chi connectivity index (χ3v) is 7.03. The molecule has 1 saturated heterocycles. The van der Waals surface area contributed by atoms with Crippen LogP contribution in [0, 0.1) is 0 Å². The van der Waals surface area contributed by atoms with Gasteiger partial charge in [-0.05, 0) is 43.5 Å². The number of nitrogens with zero attached hydrogens (tertiary/aromatic N) is 1. The van der Waals surface area contributed by atoms with E-state index < -0.39 is 0 Å². The van der Waals surface area contributed by atoms with Crippen LogP contribution in [0.15, 0.2) is 18.2 Å². The first kappa shape index (κ1) is 29.0. The van der Waals surface area contributed by atoms with Gasteiger partial charge in [-0.25, -0.2) is 0 Å². The number of benzene rings is 1. The van der Waals surface area contributed by atoms with Crippen molar-refractivity contribution >= 4 is 0 Å². The van der Waals surface area contributed by atoms with E-state index in [2.05, 4.69) is 30.0 Å². The third-order valence-electron chi connectivity index (χ3n) is 7.03. The number of morpholine rings is 1. The van der Waals surface area contributed by atoms with Crippen molar-refractivity contribution in [3.8, 4) is 11.5 Å². The highest BCUT2D eigenvalue weighted by molar-refractivity contribution is 5.43. The highest BCUT2D eigenvalue weighted by atomic mass is 16.5. The van der Waals surface area contributed by atoms with Crippen LogP contribution in [-0.2, 0) is 11.2 Å². The monoisotopic (exact) mass is 475 g/mol. The topological polar surface area (TPSA) is 30.9 Å². The van der Waals surface area contributed by atoms with E-state index in [0.29, 0.717) is 0 Å². The van der Waals surface area contributed by atoms with E-state index in [1.165, 1.54) is 95.5 Å². The summed E-state index contributed by atoms with van der Waals surface area (Å²) in [5.74, 6) is 1.75. The van der Waals surface area contributed by atoms with Crippen molar-refractivity contribution in [1.82, 2.24) is 4.90 Å². The fourth-order valence-electron chi connectivity index (χ4n) is 4.80. The molecule has 196 valence electrons. The van der Waals surface area contributed by atoms with Gasteiger partial charge in [0.05, 0.1) is 26.9 Å². The van der Waals surface area contributed by atoms with Crippen LogP contribution in [-0.4, -0.2) is 51.5 Å². The maximum absolute atomic E-state index is 6.04. The Labute approximate surface area is 210 Å². The number of hydrogen-bond acceptors (Lipinski definition) is 4. The van der Waals surface area contributed by atoms with Crippen molar-refractivity contribution in [3.05, 3.63) is 23.8 Å². The summed E-state index contributed by atoms with van der Waals surface area (Å²) in [6, 6.07) is 6.44. The van der Waals surface area contributed by atoms with Gasteiger partial charge in [0.15, 0.2) is 11.5 Å². The molecule has 0 N–H and O–H groups in total. The molecule has 4 heteroatoms. The van der Waals surface area contributed by atoms with Crippen molar-refractivity contribution in [2.45, 2.75) is 110 Å². The quantitative estimate of drug-likeness (QED) is 0.170. The van der Waals surface area contributed by atoms with Crippen LogP contribution in [0.25, 0.3) is 0 Å². The van der Waals surface area contributed by atoms with Gasteiger partial charge in [-0.1, -0.05) is 96.5 Å². The van der Waals surface area contributed by atoms with Crippen molar-refractivity contribution < 1.29 is 14.2 Å². The Hall–Kier alpha value is -1.26. The number of aryl methyl sites for hydroxylation is 1. The smallest absolute Gasteiger partial charge is 0.161 e. The maximum atomic E-state index is 6.04. The lowest BCUT2D eigenvalue weighted by atomic mass is 10.0. The van der Waals surface area contributed by atoms with Gasteiger partial charge in [-0.15, -0.1) is 0 Å². The first-order valence-electron chi connectivity index (χ1n) is 14.4. The van der Waals surface area contributed by atoms with E-state index in [4.69, 9.17) is 14.2 Å². The molecule has 0 radical (unpaired) electrons. The molecule has 1 fully saturated rings. The van der Waals surface area contributed by atoms with E-state index in [9.17, 15) is 0 Å². The van der Waals surface area contributed by atoms with E-state index in [1.54, 1.807) is 7.11 Å². The summed E-state index contributed by atoms with van der Waals surface area (Å²) in [5.41, 5.74) is 1.33. The third kappa shape index (κ3) is 13.6. The first-order valence-corrected chi connectivity index (χ1v) is 14.4. The van der Waals surface area contributed by atoms with Crippen molar-refractivity contribution in [3.63, 3.8) is 0 Å². The Morgan fingerprint density at radius 2 is 1.32 bits per heavy atom. The second-order valence-electron chi connectivity index (χ2n) is 9.99. The number of hydrogen-bond donors (Lipinski definition) is 0. The van der Waals surface area contributed by atoms with Gasteiger partial charge in [-0.3, -0.25) is 4.90 Å². The minimum absolute atomic E-state index is 0.783. The fourth-order valence-corrected chi connectivity index (χ4v) is 4.80. The Kier molecular flexibility index (Phi) is 17.0. The Bertz CT molecular complexity index is 601. The molecule has 1 aliphatic rings. The van der Waals surface area contributed by atoms with Crippen LogP contribution in [0.5, 0.6) is 11.5 Å². The van der Waals surface area contributed by atoms with Crippen LogP contribution in [0.1, 0.15) is 109 Å². The van der Waals surface area contributed by atoms with Crippen molar-refractivity contribution in [2.24, 2.45) is 0 Å². The largest absolute Gasteiger partial charge is 0.493 e. The lowest BCUT2D eigenvalue weighted by Gasteiger charge is -2.26. The molecular formula is C30H53NO3. The zero-order chi connectivity index (χ0) is 24.1. The van der Waals surface area contributed by atoms with E-state index in [1.807, 2.05) is 0 Å². The predicted octanol–water partition coefficient (Wildman–Crippen LogP) is 7.82. The molecule has 0 saturated carbocycles. The van der Waals surface area contributed by atoms with Crippen LogP contribution in [0.3, 0.4) is 0 Å². The number of ether oxygens (including phenoxy) is 3. The van der Waals surface area contributed by atoms with E-state index in [0.717, 1.165) is 63.8 Å². The predicted molar refractivity (Wildman–Crippen MR) is 144 cm³/mol. The molecule has 0 amide bonds. The van der Waals surface area contributed by atoms with Crippen LogP contribution >= 0.6 is 0 Å². The normalized spacial score (nSPS) is 14.4. The Balaban J connectivity index is 1.45. The lowest BCUT2D eigenvalue weighted by Crippen LogP contribution is -2.36. The van der Waals surface area contributed by atoms with Gasteiger partial charge in [0, 0.05) is 13.1 Å². The minimum atomic E-state index is 0.783. The summed E-state index contributed by atoms with van der Waals surface area (Å²) in [6.45, 7) is 8.09. The van der Waals surface area contributed by atoms with Crippen molar-refractivity contribution in [2.75, 3.05) is 46.6 Å². The fraction of sp³-hybridized carbons (Fsp3) is 0.800. The molecular weight excluding hydrogens is 422 g/mol. The van der Waals surface area contributed by atoms with Crippen LogP contribution in [0.4, 0.5) is 0 Å². The molecule has 0 atom stereocenters. The lowest BCUT2D eigenvalue weighted by molar-refractivity contribution is 0.0374. The standard InChI is InChI=1S/C30H53NO3/c1-3-4-5-6-7-8-9-10-11-12-13-14-15-16-24-34-29-20-19-28(27-30(29)32-2)18-17-21-31-22-25-33-26-23-31/h19-20,27H,3-18,21-26H2,1-2H3. The molecule has 0 spiro atoms. The summed E-state index contributed by atoms with van der Waals surface area (Å²) in [6.07, 6.45) is 21.6. The van der Waals surface area contributed by atoms with Crippen molar-refractivity contribution in [1.29, 1.82) is 0 Å². The molecule has 0 aliphatic carbocycles. The Morgan fingerprint density at radius 1 is 0.735 bits per heavy atom. The summed E-state index contributed by atoms with van der Waals surface area (Å²) in [7, 11) is 1.74. The second kappa shape index (κ2) is 20.0. The van der Waals surface area contributed by atoms with Gasteiger partial charge < -0.3 is 14.2 Å². The number of methoxy groups -OCH3 is 1. The first-order chi connectivity index (χ1) is 16.8. The van der Waals surface area contributed by atoms with E-state index in [-0.39, 0.29) is 0 Å². The average Bonchev–Trinajstić information content (AvgIpc) is 2.87. The molecule has 1 aromatic carbocycles.